The third-order valence-corrected chi connectivity index (χ3v) is 7.17. The van der Waals surface area contributed by atoms with Crippen molar-refractivity contribution in [3.05, 3.63) is 156 Å². The summed E-state index contributed by atoms with van der Waals surface area (Å²) >= 11 is 0. The first-order valence-corrected chi connectivity index (χ1v) is 13.1. The van der Waals surface area contributed by atoms with E-state index in [1.165, 1.54) is 5.56 Å². The molecule has 0 bridgehead atoms. The highest BCUT2D eigenvalue weighted by Crippen LogP contribution is 2.46. The SMILES string of the molecule is N#[N+]c1cccc([N+]#N)c1-c1ccccc1-c1ccccc1-c1ccccc1-c1ccccc1-c1ccccc1. The molecule has 0 fully saturated rings. The van der Waals surface area contributed by atoms with Gasteiger partial charge in [-0.2, -0.15) is 0 Å². The van der Waals surface area contributed by atoms with Crippen LogP contribution in [0.1, 0.15) is 0 Å². The van der Waals surface area contributed by atoms with Crippen LogP contribution in [0.25, 0.3) is 65.6 Å². The molecule has 4 heteroatoms. The second kappa shape index (κ2) is 10.9. The van der Waals surface area contributed by atoms with E-state index >= 15 is 0 Å². The Kier molecular flexibility index (Phi) is 6.66. The summed E-state index contributed by atoms with van der Waals surface area (Å²) in [4.78, 5) is 6.98. The van der Waals surface area contributed by atoms with Gasteiger partial charge in [0.05, 0.1) is 0 Å². The van der Waals surface area contributed by atoms with E-state index in [0.717, 1.165) is 44.5 Å². The number of hydrogen-bond donors (Lipinski definition) is 0. The van der Waals surface area contributed by atoms with Crippen LogP contribution in [-0.2, 0) is 0 Å². The van der Waals surface area contributed by atoms with Crippen molar-refractivity contribution in [3.63, 3.8) is 0 Å². The molecule has 0 saturated heterocycles. The van der Waals surface area contributed by atoms with E-state index in [-0.39, 0.29) is 0 Å². The smallest absolute Gasteiger partial charge is 0.0622 e. The Morgan fingerprint density at radius 3 is 1.05 bits per heavy atom. The zero-order valence-corrected chi connectivity index (χ0v) is 21.6. The molecule has 0 heterocycles. The van der Waals surface area contributed by atoms with Crippen molar-refractivity contribution in [1.29, 1.82) is 10.8 Å². The predicted octanol–water partition coefficient (Wildman–Crippen LogP) is 11.0. The molecular formula is C36H24N4+2. The zero-order chi connectivity index (χ0) is 27.3. The van der Waals surface area contributed by atoms with Crippen LogP contribution in [0.15, 0.2) is 146 Å². The van der Waals surface area contributed by atoms with Gasteiger partial charge in [0.1, 0.15) is 0 Å². The lowest BCUT2D eigenvalue weighted by atomic mass is 9.85. The highest BCUT2D eigenvalue weighted by Gasteiger charge is 2.29. The molecule has 0 aliphatic carbocycles. The Hall–Kier alpha value is -5.84. The minimum absolute atomic E-state index is 0.331. The lowest BCUT2D eigenvalue weighted by Crippen LogP contribution is -1.92. The van der Waals surface area contributed by atoms with E-state index in [4.69, 9.17) is 0 Å². The molecule has 40 heavy (non-hydrogen) atoms. The maximum absolute atomic E-state index is 9.78. The first kappa shape index (κ1) is 24.5. The average molecular weight is 513 g/mol. The maximum atomic E-state index is 9.78. The van der Waals surface area contributed by atoms with Gasteiger partial charge in [0.2, 0.25) is 10.8 Å². The molecule has 6 aromatic carbocycles. The molecular weight excluding hydrogens is 488 g/mol. The quantitative estimate of drug-likeness (QED) is 0.216. The Labute approximate surface area is 233 Å². The number of diazo groups is 2. The lowest BCUT2D eigenvalue weighted by molar-refractivity contribution is 1.44. The van der Waals surface area contributed by atoms with Gasteiger partial charge in [0.15, 0.2) is 15.5 Å². The average Bonchev–Trinajstić information content (AvgIpc) is 3.04. The maximum Gasteiger partial charge on any atom is 0.400 e. The van der Waals surface area contributed by atoms with Gasteiger partial charge >= 0.3 is 11.4 Å². The molecule has 0 radical (unpaired) electrons. The molecule has 0 aliphatic heterocycles. The lowest BCUT2D eigenvalue weighted by Gasteiger charge is -2.18. The van der Waals surface area contributed by atoms with Gasteiger partial charge in [0, 0.05) is 17.7 Å². The fraction of sp³-hybridized carbons (Fsp3) is 0. The topological polar surface area (TPSA) is 56.3 Å². The molecule has 0 amide bonds. The third kappa shape index (κ3) is 4.41. The van der Waals surface area contributed by atoms with E-state index in [1.54, 1.807) is 18.2 Å². The van der Waals surface area contributed by atoms with E-state index in [9.17, 15) is 10.8 Å². The van der Waals surface area contributed by atoms with Crippen LogP contribution >= 0.6 is 0 Å². The molecule has 4 nitrogen and oxygen atoms in total. The summed E-state index contributed by atoms with van der Waals surface area (Å²) in [5, 5.41) is 19.6. The normalized spacial score (nSPS) is 10.4. The molecule has 0 aromatic heterocycles. The van der Waals surface area contributed by atoms with Gasteiger partial charge in [-0.3, -0.25) is 0 Å². The number of rotatable bonds is 5. The van der Waals surface area contributed by atoms with Crippen molar-refractivity contribution < 1.29 is 0 Å². The third-order valence-electron chi connectivity index (χ3n) is 7.17. The van der Waals surface area contributed by atoms with Crippen LogP contribution in [0.3, 0.4) is 0 Å². The first-order chi connectivity index (χ1) is 19.8. The van der Waals surface area contributed by atoms with Crippen molar-refractivity contribution in [2.24, 2.45) is 0 Å². The van der Waals surface area contributed by atoms with Crippen LogP contribution in [0, 0.1) is 10.8 Å². The summed E-state index contributed by atoms with van der Waals surface area (Å²) in [5.74, 6) is 0. The summed E-state index contributed by atoms with van der Waals surface area (Å²) in [6.45, 7) is 0. The van der Waals surface area contributed by atoms with Gasteiger partial charge < -0.3 is 0 Å². The second-order valence-electron chi connectivity index (χ2n) is 9.42. The molecule has 0 atom stereocenters. The molecule has 0 saturated carbocycles. The Balaban J connectivity index is 1.59. The molecule has 6 aromatic rings. The highest BCUT2D eigenvalue weighted by molar-refractivity contribution is 6.01. The van der Waals surface area contributed by atoms with Crippen molar-refractivity contribution in [1.82, 2.24) is 0 Å². The van der Waals surface area contributed by atoms with E-state index in [2.05, 4.69) is 94.9 Å². The summed E-state index contributed by atoms with van der Waals surface area (Å²) in [5.41, 5.74) is 10.7. The predicted molar refractivity (Wildman–Crippen MR) is 163 cm³/mol. The molecule has 0 aliphatic rings. The minimum Gasteiger partial charge on any atom is -0.0622 e. The fourth-order valence-corrected chi connectivity index (χ4v) is 5.40. The van der Waals surface area contributed by atoms with Gasteiger partial charge in [-0.25, -0.2) is 0 Å². The van der Waals surface area contributed by atoms with Crippen molar-refractivity contribution >= 4 is 11.4 Å². The second-order valence-corrected chi connectivity index (χ2v) is 9.42. The number of benzene rings is 6. The highest BCUT2D eigenvalue weighted by atomic mass is 14.9. The minimum atomic E-state index is 0.331. The summed E-state index contributed by atoms with van der Waals surface area (Å²) in [7, 11) is 0. The molecule has 0 unspecified atom stereocenters. The molecule has 0 spiro atoms. The van der Waals surface area contributed by atoms with E-state index in [1.807, 2.05) is 42.5 Å². The first-order valence-electron chi connectivity index (χ1n) is 13.1. The van der Waals surface area contributed by atoms with Crippen LogP contribution in [0.4, 0.5) is 11.4 Å². The summed E-state index contributed by atoms with van der Waals surface area (Å²) < 4.78 is 0. The van der Waals surface area contributed by atoms with Crippen LogP contribution in [-0.4, -0.2) is 0 Å². The molecule has 186 valence electrons. The van der Waals surface area contributed by atoms with E-state index < -0.39 is 0 Å². The van der Waals surface area contributed by atoms with Crippen LogP contribution < -0.4 is 0 Å². The largest absolute Gasteiger partial charge is 0.400 e. The monoisotopic (exact) mass is 512 g/mol. The van der Waals surface area contributed by atoms with Crippen molar-refractivity contribution in [2.75, 3.05) is 0 Å². The zero-order valence-electron chi connectivity index (χ0n) is 21.6. The Bertz CT molecular complexity index is 1900. The van der Waals surface area contributed by atoms with Gasteiger partial charge in [-0.1, -0.05) is 127 Å². The number of hydrogen-bond acceptors (Lipinski definition) is 2. The van der Waals surface area contributed by atoms with E-state index in [0.29, 0.717) is 16.9 Å². The van der Waals surface area contributed by atoms with Gasteiger partial charge in [-0.15, -0.1) is 0 Å². The summed E-state index contributed by atoms with van der Waals surface area (Å²) in [6, 6.07) is 48.7. The Morgan fingerprint density at radius 2 is 0.625 bits per heavy atom. The standard InChI is InChI=1S/C36H24N4/c37-39-34-23-12-24-35(40-38)36(34)33-22-11-10-21-32(33)31-20-9-8-19-30(31)29-18-7-6-17-28(29)27-16-5-4-15-26(27)25-13-2-1-3-14-25/h1-24H/q+2. The van der Waals surface area contributed by atoms with Crippen LogP contribution in [0.5, 0.6) is 0 Å². The van der Waals surface area contributed by atoms with Crippen LogP contribution in [0.2, 0.25) is 0 Å². The fourth-order valence-electron chi connectivity index (χ4n) is 5.40. The Morgan fingerprint density at radius 1 is 0.300 bits per heavy atom. The number of nitrogens with zero attached hydrogens (tertiary/aromatic N) is 4. The molecule has 6 rings (SSSR count). The van der Waals surface area contributed by atoms with Gasteiger partial charge in [-0.05, 0) is 50.6 Å². The van der Waals surface area contributed by atoms with Crippen molar-refractivity contribution in [2.45, 2.75) is 0 Å². The molecule has 0 N–H and O–H groups in total. The summed E-state index contributed by atoms with van der Waals surface area (Å²) in [6.07, 6.45) is 0. The van der Waals surface area contributed by atoms with Gasteiger partial charge in [0.25, 0.3) is 0 Å². The van der Waals surface area contributed by atoms with Crippen molar-refractivity contribution in [3.8, 4) is 55.6 Å².